The molecule has 0 amide bonds. The maximum absolute atomic E-state index is 12.8. The Hall–Kier alpha value is -1.72. The predicted molar refractivity (Wildman–Crippen MR) is 45.4 cm³/mol. The zero-order valence-electron chi connectivity index (χ0n) is 7.29. The maximum Gasteiger partial charge on any atom is 0.288 e. The van der Waals surface area contributed by atoms with Gasteiger partial charge in [0.15, 0.2) is 0 Å². The molecule has 74 valence electrons. The molecule has 2 heterocycles. The van der Waals surface area contributed by atoms with Gasteiger partial charge in [0, 0.05) is 19.3 Å². The van der Waals surface area contributed by atoms with Gasteiger partial charge in [-0.05, 0) is 6.07 Å². The molecule has 0 fully saturated rings. The largest absolute Gasteiger partial charge is 0.326 e. The van der Waals surface area contributed by atoms with E-state index in [1.807, 2.05) is 0 Å². The summed E-state index contributed by atoms with van der Waals surface area (Å²) in [6.45, 7) is 0.739. The fourth-order valence-electron chi connectivity index (χ4n) is 1.15. The monoisotopic (exact) mass is 199 g/mol. The molecule has 0 saturated heterocycles. The van der Waals surface area contributed by atoms with Crippen molar-refractivity contribution in [2.24, 2.45) is 0 Å². The van der Waals surface area contributed by atoms with Crippen molar-refractivity contribution < 1.29 is 8.78 Å². The minimum atomic E-state index is -3.03. The summed E-state index contributed by atoms with van der Waals surface area (Å²) >= 11 is 0. The van der Waals surface area contributed by atoms with E-state index >= 15 is 0 Å². The van der Waals surface area contributed by atoms with E-state index in [2.05, 4.69) is 10.1 Å². The Bertz CT molecular complexity index is 523. The average Bonchev–Trinajstić information content (AvgIpc) is 2.48. The molecule has 14 heavy (non-hydrogen) atoms. The number of alkyl halides is 2. The summed E-state index contributed by atoms with van der Waals surface area (Å²) in [5.41, 5.74) is -0.728. The van der Waals surface area contributed by atoms with Gasteiger partial charge in [0.2, 0.25) is 0 Å². The lowest BCUT2D eigenvalue weighted by molar-refractivity contribution is 0.0125. The Morgan fingerprint density at radius 3 is 2.86 bits per heavy atom. The third-order valence-corrected chi connectivity index (χ3v) is 1.85. The molecule has 0 unspecified atom stereocenters. The topological polar surface area (TPSA) is 50.2 Å². The van der Waals surface area contributed by atoms with Crippen molar-refractivity contribution in [3.8, 4) is 0 Å². The number of nitrogens with zero attached hydrogens (tertiary/aromatic N) is 2. The quantitative estimate of drug-likeness (QED) is 0.748. The Balaban J connectivity index is 2.75. The molecule has 0 saturated carbocycles. The Labute approximate surface area is 77.2 Å². The van der Waals surface area contributed by atoms with Gasteiger partial charge < -0.3 is 4.98 Å². The minimum absolute atomic E-state index is 0.115. The maximum atomic E-state index is 12.8. The summed E-state index contributed by atoms with van der Waals surface area (Å²) in [5, 5.41) is 3.59. The van der Waals surface area contributed by atoms with Crippen LogP contribution in [0, 0.1) is 0 Å². The average molecular weight is 199 g/mol. The lowest BCUT2D eigenvalue weighted by atomic mass is 10.3. The van der Waals surface area contributed by atoms with E-state index in [4.69, 9.17) is 0 Å². The van der Waals surface area contributed by atoms with Crippen LogP contribution in [0.15, 0.2) is 23.3 Å². The molecule has 2 aromatic rings. The molecule has 6 heteroatoms. The number of aromatic amines is 1. The van der Waals surface area contributed by atoms with Gasteiger partial charge in [-0.3, -0.25) is 4.79 Å². The summed E-state index contributed by atoms with van der Waals surface area (Å²) < 4.78 is 26.8. The lowest BCUT2D eigenvalue weighted by Crippen LogP contribution is -2.08. The molecule has 0 atom stereocenters. The van der Waals surface area contributed by atoms with Crippen LogP contribution in [0.2, 0.25) is 0 Å². The first-order chi connectivity index (χ1) is 6.48. The Morgan fingerprint density at radius 2 is 2.29 bits per heavy atom. The highest BCUT2D eigenvalue weighted by Gasteiger charge is 2.28. The zero-order chi connectivity index (χ0) is 10.3. The molecule has 0 radical (unpaired) electrons. The van der Waals surface area contributed by atoms with Crippen molar-refractivity contribution >= 4 is 5.52 Å². The van der Waals surface area contributed by atoms with Crippen LogP contribution in [0.5, 0.6) is 0 Å². The smallest absolute Gasteiger partial charge is 0.288 e. The zero-order valence-corrected chi connectivity index (χ0v) is 7.29. The summed E-state index contributed by atoms with van der Waals surface area (Å²) in [6.07, 6.45) is 2.76. The van der Waals surface area contributed by atoms with E-state index in [0.717, 1.165) is 17.5 Å². The first kappa shape index (κ1) is 8.86. The van der Waals surface area contributed by atoms with Gasteiger partial charge in [-0.1, -0.05) is 0 Å². The highest BCUT2D eigenvalue weighted by atomic mass is 19.3. The van der Waals surface area contributed by atoms with Crippen LogP contribution in [0.25, 0.3) is 5.52 Å². The SMILES string of the molecule is CC(F)(F)c1cc2c(=O)[nH]ccn2n1. The van der Waals surface area contributed by atoms with E-state index in [0.29, 0.717) is 0 Å². The van der Waals surface area contributed by atoms with Gasteiger partial charge in [-0.15, -0.1) is 0 Å². The first-order valence-corrected chi connectivity index (χ1v) is 3.94. The van der Waals surface area contributed by atoms with Crippen LogP contribution in [0.4, 0.5) is 8.78 Å². The second-order valence-electron chi connectivity index (χ2n) is 3.04. The molecule has 4 nitrogen and oxygen atoms in total. The molecule has 0 aliphatic carbocycles. The molecule has 0 spiro atoms. The minimum Gasteiger partial charge on any atom is -0.326 e. The number of halogens is 2. The fourth-order valence-corrected chi connectivity index (χ4v) is 1.15. The van der Waals surface area contributed by atoms with Crippen LogP contribution in [0.1, 0.15) is 12.6 Å². The molecule has 1 N–H and O–H groups in total. The predicted octanol–water partition coefficient (Wildman–Crippen LogP) is 1.13. The fraction of sp³-hybridized carbons (Fsp3) is 0.250. The van der Waals surface area contributed by atoms with Crippen molar-refractivity contribution in [1.82, 2.24) is 14.6 Å². The third kappa shape index (κ3) is 1.28. The Morgan fingerprint density at radius 1 is 1.57 bits per heavy atom. The normalized spacial score (nSPS) is 12.2. The molecular formula is C8H7F2N3O. The third-order valence-electron chi connectivity index (χ3n) is 1.85. The van der Waals surface area contributed by atoms with Gasteiger partial charge in [0.05, 0.1) is 0 Å². The first-order valence-electron chi connectivity index (χ1n) is 3.94. The van der Waals surface area contributed by atoms with E-state index in [1.54, 1.807) is 0 Å². The number of hydrogen-bond donors (Lipinski definition) is 1. The van der Waals surface area contributed by atoms with Gasteiger partial charge in [0.1, 0.15) is 11.2 Å². The van der Waals surface area contributed by atoms with Gasteiger partial charge in [-0.25, -0.2) is 4.52 Å². The van der Waals surface area contributed by atoms with E-state index in [1.165, 1.54) is 12.4 Å². The number of nitrogens with one attached hydrogen (secondary N) is 1. The molecule has 0 aliphatic rings. The number of hydrogen-bond acceptors (Lipinski definition) is 2. The van der Waals surface area contributed by atoms with Crippen molar-refractivity contribution in [1.29, 1.82) is 0 Å². The van der Waals surface area contributed by atoms with Gasteiger partial charge in [0.25, 0.3) is 11.5 Å². The highest BCUT2D eigenvalue weighted by Crippen LogP contribution is 2.25. The number of H-pyrrole nitrogens is 1. The molecular weight excluding hydrogens is 192 g/mol. The van der Waals surface area contributed by atoms with E-state index < -0.39 is 17.2 Å². The van der Waals surface area contributed by atoms with Gasteiger partial charge in [-0.2, -0.15) is 13.9 Å². The Kier molecular flexibility index (Phi) is 1.67. The van der Waals surface area contributed by atoms with Crippen LogP contribution in [-0.4, -0.2) is 14.6 Å². The van der Waals surface area contributed by atoms with Crippen LogP contribution in [0.3, 0.4) is 0 Å². The van der Waals surface area contributed by atoms with Crippen molar-refractivity contribution in [3.05, 3.63) is 34.5 Å². The highest BCUT2D eigenvalue weighted by molar-refractivity contribution is 5.45. The molecule has 0 bridgehead atoms. The number of aromatic nitrogens is 3. The van der Waals surface area contributed by atoms with Crippen molar-refractivity contribution in [3.63, 3.8) is 0 Å². The number of fused-ring (bicyclic) bond motifs is 1. The number of rotatable bonds is 1. The second-order valence-corrected chi connectivity index (χ2v) is 3.04. The standard InChI is InChI=1S/C8H7F2N3O/c1-8(9,10)6-4-5-7(14)11-2-3-13(5)12-6/h2-4H,1H3,(H,11,14). The van der Waals surface area contributed by atoms with E-state index in [-0.39, 0.29) is 5.52 Å². The molecule has 0 aliphatic heterocycles. The van der Waals surface area contributed by atoms with Crippen LogP contribution < -0.4 is 5.56 Å². The molecule has 2 rings (SSSR count). The summed E-state index contributed by atoms with van der Waals surface area (Å²) in [5.74, 6) is -3.03. The van der Waals surface area contributed by atoms with Crippen LogP contribution in [-0.2, 0) is 5.92 Å². The van der Waals surface area contributed by atoms with Crippen molar-refractivity contribution in [2.75, 3.05) is 0 Å². The molecule has 0 aromatic carbocycles. The summed E-state index contributed by atoms with van der Waals surface area (Å²) in [4.78, 5) is 13.5. The van der Waals surface area contributed by atoms with Crippen LogP contribution >= 0.6 is 0 Å². The molecule has 2 aromatic heterocycles. The van der Waals surface area contributed by atoms with Crippen molar-refractivity contribution in [2.45, 2.75) is 12.8 Å². The summed E-state index contributed by atoms with van der Waals surface area (Å²) in [6, 6.07) is 1.08. The summed E-state index contributed by atoms with van der Waals surface area (Å²) in [7, 11) is 0. The van der Waals surface area contributed by atoms with Gasteiger partial charge >= 0.3 is 0 Å². The van der Waals surface area contributed by atoms with E-state index in [9.17, 15) is 13.6 Å². The second kappa shape index (κ2) is 2.63. The lowest BCUT2D eigenvalue weighted by Gasteiger charge is -2.03.